The fraction of sp³-hybridized carbons (Fsp3) is 0.346. The molecule has 6 nitrogen and oxygen atoms in total. The molecule has 4 heterocycles. The monoisotopic (exact) mass is 484 g/mol. The third-order valence-corrected chi connectivity index (χ3v) is 7.26. The molecule has 2 saturated heterocycles. The van der Waals surface area contributed by atoms with E-state index in [2.05, 4.69) is 0 Å². The van der Waals surface area contributed by atoms with Gasteiger partial charge in [-0.05, 0) is 42.0 Å². The third-order valence-electron chi connectivity index (χ3n) is 7.26. The van der Waals surface area contributed by atoms with Crippen LogP contribution in [-0.2, 0) is 22.1 Å². The number of para-hydroxylation sites is 2. The molecule has 6 rings (SSSR count). The zero-order chi connectivity index (χ0) is 24.4. The number of alkyl halides is 3. The highest BCUT2D eigenvalue weighted by Gasteiger charge is 2.48. The molecule has 2 aromatic carbocycles. The quantitative estimate of drug-likeness (QED) is 0.591. The number of nitrogens with zero attached hydrogens (tertiary/aromatic N) is 2. The van der Waals surface area contributed by atoms with Crippen LogP contribution in [0.1, 0.15) is 40.2 Å². The van der Waals surface area contributed by atoms with Gasteiger partial charge in [0.2, 0.25) is 0 Å². The lowest BCUT2D eigenvalue weighted by atomic mass is 9.86. The molecule has 182 valence electrons. The Bertz CT molecular complexity index is 1290. The Morgan fingerprint density at radius 1 is 0.943 bits per heavy atom. The number of halogens is 3. The van der Waals surface area contributed by atoms with Crippen LogP contribution in [0.25, 0.3) is 5.69 Å². The lowest BCUT2D eigenvalue weighted by molar-refractivity contribution is -0.184. The predicted molar refractivity (Wildman–Crippen MR) is 119 cm³/mol. The van der Waals surface area contributed by atoms with E-state index in [9.17, 15) is 23.1 Å². The van der Waals surface area contributed by atoms with E-state index >= 15 is 0 Å². The lowest BCUT2D eigenvalue weighted by Crippen LogP contribution is -2.50. The molecule has 1 aromatic heterocycles. The molecule has 1 amide bonds. The van der Waals surface area contributed by atoms with Crippen LogP contribution in [0.15, 0.2) is 60.7 Å². The summed E-state index contributed by atoms with van der Waals surface area (Å²) in [4.78, 5) is 14.8. The van der Waals surface area contributed by atoms with Gasteiger partial charge < -0.3 is 24.0 Å². The number of hydrogen-bond donors (Lipinski definition) is 1. The minimum Gasteiger partial charge on any atom is -0.479 e. The van der Waals surface area contributed by atoms with E-state index in [1.807, 2.05) is 0 Å². The van der Waals surface area contributed by atoms with Crippen molar-refractivity contribution in [3.05, 3.63) is 83.2 Å². The fourth-order valence-corrected chi connectivity index (χ4v) is 5.26. The van der Waals surface area contributed by atoms with Crippen LogP contribution in [0.3, 0.4) is 0 Å². The van der Waals surface area contributed by atoms with Gasteiger partial charge in [-0.25, -0.2) is 0 Å². The Labute approximate surface area is 199 Å². The number of amides is 1. The van der Waals surface area contributed by atoms with E-state index in [-0.39, 0.29) is 19.1 Å². The summed E-state index contributed by atoms with van der Waals surface area (Å²) in [5.74, 6) is 0.237. The second-order valence-electron chi connectivity index (χ2n) is 9.39. The SMILES string of the molecule is O=C(c1ccc(C2(O)COC2)cc1)N1CCC2(CC1)Oc1ccccc1-n1c(C(F)(F)F)ccc12. The Morgan fingerprint density at radius 3 is 2.26 bits per heavy atom. The van der Waals surface area contributed by atoms with Gasteiger partial charge >= 0.3 is 6.18 Å². The van der Waals surface area contributed by atoms with E-state index in [0.29, 0.717) is 54.2 Å². The second kappa shape index (κ2) is 7.60. The van der Waals surface area contributed by atoms with Gasteiger partial charge in [0.25, 0.3) is 5.91 Å². The molecule has 3 aliphatic rings. The number of hydrogen-bond acceptors (Lipinski definition) is 4. The summed E-state index contributed by atoms with van der Waals surface area (Å²) in [6.07, 6.45) is -3.78. The van der Waals surface area contributed by atoms with Gasteiger partial charge in [0.15, 0.2) is 5.60 Å². The highest BCUT2D eigenvalue weighted by atomic mass is 19.4. The molecule has 3 aromatic rings. The number of ether oxygens (including phenoxy) is 2. The number of likely N-dealkylation sites (tertiary alicyclic amines) is 1. The molecule has 0 saturated carbocycles. The van der Waals surface area contributed by atoms with Gasteiger partial charge in [0.1, 0.15) is 17.0 Å². The van der Waals surface area contributed by atoms with Crippen molar-refractivity contribution in [2.45, 2.75) is 30.2 Å². The number of aliphatic hydroxyl groups is 1. The first kappa shape index (κ1) is 22.2. The molecule has 1 spiro atoms. The second-order valence-corrected chi connectivity index (χ2v) is 9.39. The highest BCUT2D eigenvalue weighted by molar-refractivity contribution is 5.94. The molecule has 0 radical (unpaired) electrons. The zero-order valence-electron chi connectivity index (χ0n) is 18.7. The average molecular weight is 484 g/mol. The van der Waals surface area contributed by atoms with Crippen LogP contribution in [-0.4, -0.2) is 46.8 Å². The number of fused-ring (bicyclic) bond motifs is 4. The molecule has 9 heteroatoms. The fourth-order valence-electron chi connectivity index (χ4n) is 5.26. The summed E-state index contributed by atoms with van der Waals surface area (Å²) >= 11 is 0. The Hall–Kier alpha value is -3.30. The van der Waals surface area contributed by atoms with Gasteiger partial charge in [-0.3, -0.25) is 4.79 Å². The van der Waals surface area contributed by atoms with Gasteiger partial charge in [-0.2, -0.15) is 13.2 Å². The van der Waals surface area contributed by atoms with Crippen molar-refractivity contribution >= 4 is 5.91 Å². The van der Waals surface area contributed by atoms with Crippen LogP contribution >= 0.6 is 0 Å². The van der Waals surface area contributed by atoms with Gasteiger partial charge in [0.05, 0.1) is 24.6 Å². The standard InChI is InChI=1S/C26H23F3N2O4/c27-26(28,29)22-10-9-21-25(35-20-4-2-1-3-19(20)31(21)22)11-13-30(14-12-25)23(32)17-5-7-18(8-6-17)24(33)15-34-16-24/h1-10,33H,11-16H2. The van der Waals surface area contributed by atoms with E-state index < -0.39 is 23.1 Å². The van der Waals surface area contributed by atoms with E-state index in [1.165, 1.54) is 10.6 Å². The van der Waals surface area contributed by atoms with Crippen LogP contribution < -0.4 is 4.74 Å². The first-order valence-corrected chi connectivity index (χ1v) is 11.5. The number of carbonyl (C=O) groups excluding carboxylic acids is 1. The number of aromatic nitrogens is 1. The van der Waals surface area contributed by atoms with Crippen molar-refractivity contribution in [1.82, 2.24) is 9.47 Å². The zero-order valence-corrected chi connectivity index (χ0v) is 18.7. The molecular weight excluding hydrogens is 461 g/mol. The highest BCUT2D eigenvalue weighted by Crippen LogP contribution is 2.48. The summed E-state index contributed by atoms with van der Waals surface area (Å²) < 4.78 is 54.1. The molecule has 0 atom stereocenters. The van der Waals surface area contributed by atoms with Crippen LogP contribution in [0, 0.1) is 0 Å². The average Bonchev–Trinajstić information content (AvgIpc) is 3.30. The topological polar surface area (TPSA) is 63.9 Å². The molecule has 0 bridgehead atoms. The molecular formula is C26H23F3N2O4. The molecule has 35 heavy (non-hydrogen) atoms. The Balaban J connectivity index is 1.25. The number of rotatable bonds is 2. The van der Waals surface area contributed by atoms with E-state index in [1.54, 1.807) is 53.4 Å². The summed E-state index contributed by atoms with van der Waals surface area (Å²) in [7, 11) is 0. The van der Waals surface area contributed by atoms with Crippen molar-refractivity contribution in [2.24, 2.45) is 0 Å². The van der Waals surface area contributed by atoms with E-state index in [4.69, 9.17) is 9.47 Å². The maximum Gasteiger partial charge on any atom is 0.431 e. The maximum atomic E-state index is 13.8. The molecule has 1 N–H and O–H groups in total. The smallest absolute Gasteiger partial charge is 0.431 e. The molecule has 3 aliphatic heterocycles. The van der Waals surface area contributed by atoms with Crippen LogP contribution in [0.4, 0.5) is 13.2 Å². The lowest BCUT2D eigenvalue weighted by Gasteiger charge is -2.45. The largest absolute Gasteiger partial charge is 0.479 e. The maximum absolute atomic E-state index is 13.8. The summed E-state index contributed by atoms with van der Waals surface area (Å²) in [5.41, 5.74) is -0.679. The normalized spacial score (nSPS) is 19.9. The van der Waals surface area contributed by atoms with Crippen LogP contribution in [0.5, 0.6) is 5.75 Å². The first-order valence-electron chi connectivity index (χ1n) is 11.5. The van der Waals surface area contributed by atoms with Gasteiger partial charge in [-0.15, -0.1) is 0 Å². The van der Waals surface area contributed by atoms with E-state index in [0.717, 1.165) is 6.07 Å². The summed E-state index contributed by atoms with van der Waals surface area (Å²) in [5, 5.41) is 10.4. The van der Waals surface area contributed by atoms with Crippen molar-refractivity contribution in [1.29, 1.82) is 0 Å². The third kappa shape index (κ3) is 3.44. The van der Waals surface area contributed by atoms with Crippen LogP contribution in [0.2, 0.25) is 0 Å². The van der Waals surface area contributed by atoms with Crippen molar-refractivity contribution in [2.75, 3.05) is 26.3 Å². The minimum atomic E-state index is -4.51. The number of carbonyl (C=O) groups is 1. The number of piperidine rings is 1. The van der Waals surface area contributed by atoms with Crippen molar-refractivity contribution in [3.8, 4) is 11.4 Å². The van der Waals surface area contributed by atoms with Crippen molar-refractivity contribution in [3.63, 3.8) is 0 Å². The van der Waals surface area contributed by atoms with Gasteiger partial charge in [-0.1, -0.05) is 24.3 Å². The summed E-state index contributed by atoms with van der Waals surface area (Å²) in [6, 6.07) is 16.2. The summed E-state index contributed by atoms with van der Waals surface area (Å²) in [6.45, 7) is 1.14. The Kier molecular flexibility index (Phi) is 4.82. The molecule has 0 aliphatic carbocycles. The van der Waals surface area contributed by atoms with Gasteiger partial charge in [0, 0.05) is 31.5 Å². The minimum absolute atomic E-state index is 0.161. The first-order chi connectivity index (χ1) is 16.7. The number of benzene rings is 2. The molecule has 0 unspecified atom stereocenters. The Morgan fingerprint density at radius 2 is 1.63 bits per heavy atom. The molecule has 2 fully saturated rings. The van der Waals surface area contributed by atoms with Crippen molar-refractivity contribution < 1.29 is 32.5 Å². The predicted octanol–water partition coefficient (Wildman–Crippen LogP) is 4.24.